The lowest BCUT2D eigenvalue weighted by molar-refractivity contribution is 0.00578. The largest absolute Gasteiger partial charge is 0.495 e. The van der Waals surface area contributed by atoms with E-state index in [1.54, 1.807) is 66.9 Å². The highest BCUT2D eigenvalue weighted by molar-refractivity contribution is 6.65. The van der Waals surface area contributed by atoms with Crippen molar-refractivity contribution in [1.29, 1.82) is 0 Å². The van der Waals surface area contributed by atoms with Gasteiger partial charge >= 0.3 is 14.2 Å². The molecular weight excluding hydrogens is 838 g/mol. The number of hydrazone groups is 1. The first-order valence-electron chi connectivity index (χ1n) is 21.5. The Bertz CT molecular complexity index is 2460. The number of amides is 4. The van der Waals surface area contributed by atoms with Crippen LogP contribution in [0.15, 0.2) is 77.9 Å². The minimum absolute atomic E-state index is 0.280. The van der Waals surface area contributed by atoms with Crippen LogP contribution < -0.4 is 38.8 Å². The van der Waals surface area contributed by atoms with Gasteiger partial charge in [-0.2, -0.15) is 5.10 Å². The molecule has 0 aliphatic carbocycles. The van der Waals surface area contributed by atoms with Crippen LogP contribution in [0.1, 0.15) is 149 Å². The molecule has 0 bridgehead atoms. The number of benzene rings is 4. The Kier molecular flexibility index (Phi) is 16.3. The van der Waals surface area contributed by atoms with Crippen molar-refractivity contribution in [1.82, 2.24) is 26.2 Å². The zero-order chi connectivity index (χ0) is 49.7. The molecule has 2 aliphatic rings. The minimum atomic E-state index is -0.988. The smallest absolute Gasteiger partial charge is 0.428 e. The maximum atomic E-state index is 13.4. The van der Waals surface area contributed by atoms with E-state index in [9.17, 15) is 29.0 Å². The molecule has 4 aromatic carbocycles. The Balaban J connectivity index is 0.000000282. The van der Waals surface area contributed by atoms with E-state index in [-0.39, 0.29) is 17.4 Å². The summed E-state index contributed by atoms with van der Waals surface area (Å²) in [6.45, 7) is 26.5. The third kappa shape index (κ3) is 12.4. The molecule has 6 rings (SSSR count). The molecule has 66 heavy (non-hydrogen) atoms. The summed E-state index contributed by atoms with van der Waals surface area (Å²) in [6.07, 6.45) is 2.29. The first kappa shape index (κ1) is 52.5. The molecule has 4 aromatic rings. The van der Waals surface area contributed by atoms with Crippen molar-refractivity contribution < 1.29 is 38.3 Å². The maximum absolute atomic E-state index is 13.4. The monoisotopic (exact) mass is 903 g/mol. The molecule has 16 nitrogen and oxygen atoms in total. The van der Waals surface area contributed by atoms with E-state index in [1.165, 1.54) is 10.0 Å². The fraction of sp³-hybridized carbons (Fsp3) is 0.375. The Morgan fingerprint density at radius 2 is 1.05 bits per heavy atom. The van der Waals surface area contributed by atoms with Gasteiger partial charge in [0.05, 0.1) is 28.5 Å². The molecule has 0 radical (unpaired) electrons. The molecule has 0 spiro atoms. The summed E-state index contributed by atoms with van der Waals surface area (Å²) in [5.41, 5.74) is 10.6. The van der Waals surface area contributed by atoms with Crippen molar-refractivity contribution in [2.75, 3.05) is 0 Å². The predicted octanol–water partition coefficient (Wildman–Crippen LogP) is 4.33. The highest BCUT2D eigenvalue weighted by atomic mass is 16.7. The molecule has 0 saturated carbocycles. The van der Waals surface area contributed by atoms with Crippen LogP contribution in [0.2, 0.25) is 0 Å². The number of nitrogens with one attached hydrogen (secondary N) is 3. The second-order valence-electron chi connectivity index (χ2n) is 19.4. The first-order chi connectivity index (χ1) is 30.6. The summed E-state index contributed by atoms with van der Waals surface area (Å²) in [5, 5.41) is 19.1. The van der Waals surface area contributed by atoms with Crippen molar-refractivity contribution >= 4 is 61.2 Å². The summed E-state index contributed by atoms with van der Waals surface area (Å²) < 4.78 is 12.2. The Hall–Kier alpha value is -6.17. The number of nitrogens with two attached hydrogens (primary N) is 2. The SMILES string of the molecule is Cc1cc(C)cc(C(=O)N(NC(=O)c2ccc(C=O)c(B3OC(C)(C)C(C)(C)O3)c2)C(C)(C)C)c1.Cc1cc(C)cc(C(=O)N(NC(=O)c2ccc3c(c2)B(O)NN=C3)C(C)(C)C)c1.NN. The average Bonchev–Trinajstić information content (AvgIpc) is 3.45. The van der Waals surface area contributed by atoms with Crippen LogP contribution in [0, 0.1) is 27.7 Å². The molecule has 0 unspecified atom stereocenters. The summed E-state index contributed by atoms with van der Waals surface area (Å²) in [4.78, 5) is 64.6. The van der Waals surface area contributed by atoms with Crippen LogP contribution in [0.3, 0.4) is 0 Å². The quantitative estimate of drug-likeness (QED) is 0.0690. The molecule has 8 N–H and O–H groups in total. The number of rotatable bonds is 6. The number of aryl methyl sites for hydroxylation is 4. The number of carbonyl (C=O) groups is 5. The maximum Gasteiger partial charge on any atom is 0.495 e. The van der Waals surface area contributed by atoms with Gasteiger partial charge in [0, 0.05) is 27.8 Å². The number of aldehydes is 1. The molecule has 0 atom stereocenters. The summed E-state index contributed by atoms with van der Waals surface area (Å²) >= 11 is 0. The molecule has 1 saturated heterocycles. The van der Waals surface area contributed by atoms with Gasteiger partial charge in [-0.25, -0.2) is 10.0 Å². The van der Waals surface area contributed by atoms with Crippen molar-refractivity contribution in [2.45, 2.75) is 119 Å². The van der Waals surface area contributed by atoms with Gasteiger partial charge in [-0.1, -0.05) is 46.5 Å². The minimum Gasteiger partial charge on any atom is -0.428 e. The van der Waals surface area contributed by atoms with Crippen molar-refractivity contribution in [3.05, 3.63) is 128 Å². The second-order valence-corrected chi connectivity index (χ2v) is 19.4. The first-order valence-corrected chi connectivity index (χ1v) is 21.5. The van der Waals surface area contributed by atoms with Gasteiger partial charge in [0.25, 0.3) is 23.6 Å². The fourth-order valence-corrected chi connectivity index (χ4v) is 7.15. The topological polar surface area (TPSA) is 231 Å². The van der Waals surface area contributed by atoms with Crippen LogP contribution in [0.4, 0.5) is 0 Å². The van der Waals surface area contributed by atoms with Crippen LogP contribution >= 0.6 is 0 Å². The molecule has 0 aromatic heterocycles. The van der Waals surface area contributed by atoms with Crippen LogP contribution in [0.5, 0.6) is 0 Å². The van der Waals surface area contributed by atoms with Crippen molar-refractivity contribution in [3.8, 4) is 0 Å². The summed E-state index contributed by atoms with van der Waals surface area (Å²) in [6, 6.07) is 20.8. The number of nitrogens with zero attached hydrogens (tertiary/aromatic N) is 3. The molecule has 18 heteroatoms. The van der Waals surface area contributed by atoms with Gasteiger partial charge in [0.2, 0.25) is 0 Å². The molecule has 2 heterocycles. The molecule has 1 fully saturated rings. The normalized spacial score (nSPS) is 14.6. The van der Waals surface area contributed by atoms with E-state index in [0.717, 1.165) is 27.8 Å². The Morgan fingerprint density at radius 1 is 0.652 bits per heavy atom. The predicted molar refractivity (Wildman–Crippen MR) is 259 cm³/mol. The third-order valence-electron chi connectivity index (χ3n) is 11.1. The lowest BCUT2D eigenvalue weighted by Crippen LogP contribution is -2.56. The van der Waals surface area contributed by atoms with Crippen LogP contribution in [-0.2, 0) is 9.31 Å². The van der Waals surface area contributed by atoms with Crippen LogP contribution in [-0.4, -0.2) is 87.6 Å². The number of hydrogen-bond acceptors (Lipinski definition) is 12. The number of carbonyl (C=O) groups excluding carboxylic acids is 5. The lowest BCUT2D eigenvalue weighted by Gasteiger charge is -2.35. The lowest BCUT2D eigenvalue weighted by atomic mass is 9.71. The molecule has 350 valence electrons. The van der Waals surface area contributed by atoms with E-state index < -0.39 is 48.3 Å². The zero-order valence-corrected chi connectivity index (χ0v) is 40.5. The highest BCUT2D eigenvalue weighted by Gasteiger charge is 2.52. The average molecular weight is 903 g/mol. The standard InChI is InChI=1S/C27H35BN2O5.C21H25BN4O3.H4N2/c1-17-12-18(2)14-21(13-17)24(33)30(25(3,4)5)29-23(32)19-10-11-20(16-31)22(15-19)28-34-26(6,7)27(8,9)35-28;1-13-8-14(2)10-17(9-13)20(28)26(21(3,4)5)24-19(27)15-6-7-16-12-23-25-22(29)18(16)11-15;1-2/h10-16H,1-9H3,(H,29,32);6-12,25,29H,1-5H3,(H,24,27);1-2H2. The van der Waals surface area contributed by atoms with Gasteiger partial charge < -0.3 is 19.7 Å². The van der Waals surface area contributed by atoms with Crippen molar-refractivity contribution in [3.63, 3.8) is 0 Å². The van der Waals surface area contributed by atoms with Gasteiger partial charge in [0.15, 0.2) is 0 Å². The van der Waals surface area contributed by atoms with Gasteiger partial charge in [-0.15, -0.1) is 0 Å². The second kappa shape index (κ2) is 20.6. The van der Waals surface area contributed by atoms with E-state index in [4.69, 9.17) is 9.31 Å². The van der Waals surface area contributed by atoms with Crippen molar-refractivity contribution in [2.24, 2.45) is 16.8 Å². The molecular formula is C48H64B2N8O8. The third-order valence-corrected chi connectivity index (χ3v) is 11.1. The van der Waals surface area contributed by atoms with E-state index in [1.807, 2.05) is 109 Å². The zero-order valence-electron chi connectivity index (χ0n) is 40.5. The van der Waals surface area contributed by atoms with Crippen LogP contribution in [0.25, 0.3) is 0 Å². The molecule has 2 aliphatic heterocycles. The van der Waals surface area contributed by atoms with E-state index in [0.29, 0.717) is 39.5 Å². The number of hydrogen-bond donors (Lipinski definition) is 6. The van der Waals surface area contributed by atoms with E-state index >= 15 is 0 Å². The van der Waals surface area contributed by atoms with Gasteiger partial charge in [-0.3, -0.25) is 46.5 Å². The Morgan fingerprint density at radius 3 is 1.44 bits per heavy atom. The number of hydrazine groups is 3. The fourth-order valence-electron chi connectivity index (χ4n) is 7.15. The molecule has 4 amide bonds. The summed E-state index contributed by atoms with van der Waals surface area (Å²) in [5.74, 6) is 6.49. The summed E-state index contributed by atoms with van der Waals surface area (Å²) in [7, 11) is -1.79. The highest BCUT2D eigenvalue weighted by Crippen LogP contribution is 2.36. The van der Waals surface area contributed by atoms with E-state index in [2.05, 4.69) is 33.0 Å². The number of fused-ring (bicyclic) bond motifs is 1. The Labute approximate surface area is 389 Å². The van der Waals surface area contributed by atoms with Gasteiger partial charge in [-0.05, 0) is 162 Å². The van der Waals surface area contributed by atoms with Gasteiger partial charge in [0.1, 0.15) is 6.29 Å².